The van der Waals surface area contributed by atoms with Gasteiger partial charge < -0.3 is 14.2 Å². The monoisotopic (exact) mass is 568 g/mol. The molecule has 8 heteroatoms. The van der Waals surface area contributed by atoms with Crippen molar-refractivity contribution in [3.63, 3.8) is 0 Å². The van der Waals surface area contributed by atoms with Crippen molar-refractivity contribution in [1.29, 1.82) is 0 Å². The van der Waals surface area contributed by atoms with E-state index in [-0.39, 0.29) is 42.6 Å². The van der Waals surface area contributed by atoms with Gasteiger partial charge in [0.1, 0.15) is 18.8 Å². The second-order valence-electron chi connectivity index (χ2n) is 9.94. The number of carbonyl (C=O) groups excluding carboxylic acids is 1. The van der Waals surface area contributed by atoms with E-state index in [1.54, 1.807) is 6.08 Å². The maximum atomic E-state index is 12.8. The van der Waals surface area contributed by atoms with Crippen molar-refractivity contribution >= 4 is 5.97 Å². The first kappa shape index (κ1) is 30.2. The molecule has 0 saturated carbocycles. The lowest BCUT2D eigenvalue weighted by Gasteiger charge is -2.10. The van der Waals surface area contributed by atoms with E-state index in [1.165, 1.54) is 36.4 Å². The third-order valence-corrected chi connectivity index (χ3v) is 6.63. The largest absolute Gasteiger partial charge is 0.481 e. The second kappa shape index (κ2) is 15.9. The third kappa shape index (κ3) is 8.87. The molecule has 218 valence electrons. The summed E-state index contributed by atoms with van der Waals surface area (Å²) in [7, 11) is 0. The molecule has 0 aliphatic carbocycles. The zero-order valence-electron chi connectivity index (χ0n) is 23.9. The molecule has 1 aromatic heterocycles. The fraction of sp³-hybridized carbons (Fsp3) is 0.324. The lowest BCUT2D eigenvalue weighted by molar-refractivity contribution is -0.136. The van der Waals surface area contributed by atoms with Crippen molar-refractivity contribution in [3.8, 4) is 11.8 Å². The molecule has 0 saturated heterocycles. The minimum atomic E-state index is -0.685. The number of aromatic amines is 1. The molecule has 0 atom stereocenters. The van der Waals surface area contributed by atoms with E-state index in [2.05, 4.69) is 23.7 Å². The van der Waals surface area contributed by atoms with Gasteiger partial charge in [0, 0.05) is 19.2 Å². The van der Waals surface area contributed by atoms with Gasteiger partial charge in [-0.3, -0.25) is 14.3 Å². The zero-order valence-corrected chi connectivity index (χ0v) is 23.9. The second-order valence-corrected chi connectivity index (χ2v) is 9.94. The summed E-state index contributed by atoms with van der Waals surface area (Å²) >= 11 is 0. The van der Waals surface area contributed by atoms with E-state index in [0.717, 1.165) is 24.0 Å². The number of allylic oxidation sites excluding steroid dienone is 1. The van der Waals surface area contributed by atoms with E-state index in [4.69, 9.17) is 14.2 Å². The fourth-order valence-corrected chi connectivity index (χ4v) is 4.32. The molecular formula is C34H36N2O6. The van der Waals surface area contributed by atoms with E-state index in [1.807, 2.05) is 60.7 Å². The van der Waals surface area contributed by atoms with Crippen molar-refractivity contribution < 1.29 is 19.0 Å². The van der Waals surface area contributed by atoms with E-state index >= 15 is 0 Å². The van der Waals surface area contributed by atoms with Crippen LogP contribution in [0.2, 0.25) is 0 Å². The fourth-order valence-electron chi connectivity index (χ4n) is 4.32. The molecule has 2 aromatic carbocycles. The van der Waals surface area contributed by atoms with Gasteiger partial charge in [-0.1, -0.05) is 112 Å². The Morgan fingerprint density at radius 1 is 0.833 bits per heavy atom. The number of benzene rings is 2. The molecule has 4 rings (SSSR count). The molecule has 0 bridgehead atoms. The third-order valence-electron chi connectivity index (χ3n) is 6.63. The van der Waals surface area contributed by atoms with Gasteiger partial charge in [-0.2, -0.15) is 0 Å². The van der Waals surface area contributed by atoms with Crippen LogP contribution in [0.3, 0.4) is 0 Å². The SMILES string of the molecule is CCCCCCCCC#Cc1cn(C/C=C2\OC(=O)C(OCc3ccccc3)=C2OCc2ccccc2)c(=O)[nH]c1=O. The number of cyclic esters (lactones) is 1. The number of rotatable bonds is 14. The summed E-state index contributed by atoms with van der Waals surface area (Å²) in [4.78, 5) is 40.0. The number of unbranched alkanes of at least 4 members (excludes halogenated alkanes) is 6. The van der Waals surface area contributed by atoms with E-state index < -0.39 is 17.2 Å². The highest BCUT2D eigenvalue weighted by molar-refractivity contribution is 5.91. The van der Waals surface area contributed by atoms with Crippen LogP contribution in [-0.2, 0) is 38.8 Å². The molecular weight excluding hydrogens is 532 g/mol. The Labute approximate surface area is 245 Å². The van der Waals surface area contributed by atoms with Crippen LogP contribution < -0.4 is 11.2 Å². The Kier molecular flexibility index (Phi) is 11.4. The highest BCUT2D eigenvalue weighted by atomic mass is 16.6. The van der Waals surface area contributed by atoms with Crippen molar-refractivity contribution in [2.24, 2.45) is 0 Å². The van der Waals surface area contributed by atoms with Gasteiger partial charge in [0.15, 0.2) is 5.76 Å². The molecule has 3 aromatic rings. The molecule has 1 aliphatic heterocycles. The average molecular weight is 569 g/mol. The summed E-state index contributed by atoms with van der Waals surface area (Å²) < 4.78 is 18.6. The summed E-state index contributed by atoms with van der Waals surface area (Å²) in [5.74, 6) is 5.48. The van der Waals surface area contributed by atoms with Crippen LogP contribution in [0.1, 0.15) is 68.6 Å². The Morgan fingerprint density at radius 3 is 2.12 bits per heavy atom. The van der Waals surface area contributed by atoms with Crippen LogP contribution in [0.15, 0.2) is 99.8 Å². The van der Waals surface area contributed by atoms with Crippen LogP contribution >= 0.6 is 0 Å². The average Bonchev–Trinajstić information content (AvgIpc) is 3.31. The van der Waals surface area contributed by atoms with Crippen LogP contribution in [0.25, 0.3) is 0 Å². The Morgan fingerprint density at radius 2 is 1.45 bits per heavy atom. The van der Waals surface area contributed by atoms with Gasteiger partial charge in [-0.05, 0) is 23.6 Å². The predicted octanol–water partition coefficient (Wildman–Crippen LogP) is 5.72. The van der Waals surface area contributed by atoms with Crippen molar-refractivity contribution in [3.05, 3.63) is 128 Å². The standard InChI is InChI=1S/C34H36N2O6/c1-2-3-4-5-6-7-8-15-20-28-23-36(34(39)35-32(28)37)22-21-29-30(40-24-26-16-11-9-12-17-26)31(33(38)42-29)41-25-27-18-13-10-14-19-27/h9-14,16-19,21,23H,2-8,22,24-25H2,1H3,(H,35,37,39)/b29-21-. The highest BCUT2D eigenvalue weighted by Gasteiger charge is 2.34. The smallest absolute Gasteiger partial charge is 0.383 e. The number of nitrogens with zero attached hydrogens (tertiary/aromatic N) is 1. The number of hydrogen-bond acceptors (Lipinski definition) is 6. The molecule has 0 radical (unpaired) electrons. The van der Waals surface area contributed by atoms with Gasteiger partial charge in [-0.25, -0.2) is 9.59 Å². The Hall–Kier alpha value is -4.77. The normalized spacial score (nSPS) is 13.5. The minimum Gasteiger partial charge on any atom is -0.481 e. The highest BCUT2D eigenvalue weighted by Crippen LogP contribution is 2.30. The topological polar surface area (TPSA) is 99.6 Å². The van der Waals surface area contributed by atoms with Gasteiger partial charge in [0.25, 0.3) is 11.3 Å². The number of carbonyl (C=O) groups is 1. The molecule has 2 heterocycles. The number of nitrogens with one attached hydrogen (secondary N) is 1. The Balaban J connectivity index is 1.50. The first-order valence-electron chi connectivity index (χ1n) is 14.4. The zero-order chi connectivity index (χ0) is 29.6. The molecule has 0 unspecified atom stereocenters. The molecule has 0 fully saturated rings. The summed E-state index contributed by atoms with van der Waals surface area (Å²) in [5, 5.41) is 0. The van der Waals surface area contributed by atoms with Crippen LogP contribution in [0.4, 0.5) is 0 Å². The summed E-state index contributed by atoms with van der Waals surface area (Å²) in [6.07, 6.45) is 10.6. The van der Waals surface area contributed by atoms with Gasteiger partial charge in [0.05, 0.1) is 0 Å². The van der Waals surface area contributed by atoms with E-state index in [9.17, 15) is 14.4 Å². The van der Waals surface area contributed by atoms with Crippen LogP contribution in [0, 0.1) is 11.8 Å². The lowest BCUT2D eigenvalue weighted by Crippen LogP contribution is -2.30. The molecule has 1 aliphatic rings. The number of aromatic nitrogens is 2. The van der Waals surface area contributed by atoms with Gasteiger partial charge >= 0.3 is 11.7 Å². The number of esters is 1. The molecule has 0 amide bonds. The molecule has 8 nitrogen and oxygen atoms in total. The quantitative estimate of drug-likeness (QED) is 0.152. The maximum absolute atomic E-state index is 12.8. The molecule has 0 spiro atoms. The van der Waals surface area contributed by atoms with E-state index in [0.29, 0.717) is 6.42 Å². The maximum Gasteiger partial charge on any atom is 0.383 e. The van der Waals surface area contributed by atoms with Crippen LogP contribution in [-0.4, -0.2) is 15.5 Å². The number of hydrogen-bond donors (Lipinski definition) is 1. The summed E-state index contributed by atoms with van der Waals surface area (Å²) in [6.45, 7) is 2.53. The molecule has 42 heavy (non-hydrogen) atoms. The summed E-state index contributed by atoms with van der Waals surface area (Å²) in [6, 6.07) is 18.9. The first-order valence-corrected chi connectivity index (χ1v) is 14.4. The predicted molar refractivity (Wildman–Crippen MR) is 160 cm³/mol. The van der Waals surface area contributed by atoms with Gasteiger partial charge in [0.2, 0.25) is 5.76 Å². The summed E-state index contributed by atoms with van der Waals surface area (Å²) in [5.41, 5.74) is 0.842. The number of ether oxygens (including phenoxy) is 3. The van der Waals surface area contributed by atoms with Crippen LogP contribution in [0.5, 0.6) is 0 Å². The first-order chi connectivity index (χ1) is 20.5. The number of H-pyrrole nitrogens is 1. The van der Waals surface area contributed by atoms with Gasteiger partial charge in [-0.15, -0.1) is 0 Å². The van der Waals surface area contributed by atoms with Crippen molar-refractivity contribution in [1.82, 2.24) is 9.55 Å². The van der Waals surface area contributed by atoms with Crippen molar-refractivity contribution in [2.75, 3.05) is 0 Å². The van der Waals surface area contributed by atoms with Crippen molar-refractivity contribution in [2.45, 2.75) is 71.6 Å². The lowest BCUT2D eigenvalue weighted by atomic mass is 10.1. The molecule has 1 N–H and O–H groups in total. The Bertz CT molecular complexity index is 1570. The minimum absolute atomic E-state index is 0.00843.